The fourth-order valence-electron chi connectivity index (χ4n) is 8.70. The van der Waals surface area contributed by atoms with Gasteiger partial charge in [0.1, 0.15) is 11.9 Å². The third-order valence-electron chi connectivity index (χ3n) is 12.0. The summed E-state index contributed by atoms with van der Waals surface area (Å²) in [5.41, 5.74) is 3.17. The second-order valence-corrected chi connectivity index (χ2v) is 26.4. The van der Waals surface area contributed by atoms with Crippen molar-refractivity contribution in [3.8, 4) is 5.75 Å². The lowest BCUT2D eigenvalue weighted by Crippen LogP contribution is -2.53. The fraction of sp³-hybridized carbons (Fsp3) is 0.737. The summed E-state index contributed by atoms with van der Waals surface area (Å²) in [5, 5.41) is 0.183. The van der Waals surface area contributed by atoms with Crippen LogP contribution in [0.2, 0.25) is 37.8 Å². The largest absolute Gasteiger partial charge is 0.497 e. The molecule has 0 heterocycles. The van der Waals surface area contributed by atoms with Crippen molar-refractivity contribution >= 4 is 16.6 Å². The summed E-state index contributed by atoms with van der Waals surface area (Å²) < 4.78 is 58.9. The fourth-order valence-corrected chi connectivity index (χ4v) is 11.2. The molecule has 0 aliphatic heterocycles. The number of unbranched alkanes of at least 4 members (excludes halogenated alkanes) is 3. The Bertz CT molecular complexity index is 1260. The van der Waals surface area contributed by atoms with Crippen molar-refractivity contribution in [3.05, 3.63) is 53.4 Å². The van der Waals surface area contributed by atoms with Crippen LogP contribution in [0.3, 0.4) is 0 Å². The summed E-state index contributed by atoms with van der Waals surface area (Å²) in [5.74, 6) is 0.585. The van der Waals surface area contributed by atoms with Crippen molar-refractivity contribution < 1.29 is 26.8 Å². The molecule has 0 saturated heterocycles. The van der Waals surface area contributed by atoms with Gasteiger partial charge < -0.3 is 13.6 Å². The number of aryl methyl sites for hydroxylation is 1. The van der Waals surface area contributed by atoms with Crippen LogP contribution in [0.1, 0.15) is 109 Å². The number of halogens is 3. The predicted octanol–water partition coefficient (Wildman–Crippen LogP) is 12.1. The van der Waals surface area contributed by atoms with Crippen molar-refractivity contribution in [1.82, 2.24) is 0 Å². The molecule has 4 rings (SSSR count). The molecule has 3 aliphatic rings. The zero-order valence-electron chi connectivity index (χ0n) is 30.3. The van der Waals surface area contributed by atoms with Gasteiger partial charge >= 0.3 is 6.08 Å². The highest BCUT2D eigenvalue weighted by molar-refractivity contribution is 6.74. The topological polar surface area (TPSA) is 27.7 Å². The first-order valence-corrected chi connectivity index (χ1v) is 24.1. The lowest BCUT2D eigenvalue weighted by atomic mass is 9.47. The van der Waals surface area contributed by atoms with E-state index in [-0.39, 0.29) is 15.9 Å². The van der Waals surface area contributed by atoms with E-state index in [1.54, 1.807) is 7.11 Å². The number of hydrogen-bond acceptors (Lipinski definition) is 3. The average Bonchev–Trinajstić information content (AvgIpc) is 3.29. The van der Waals surface area contributed by atoms with Crippen LogP contribution in [0.4, 0.5) is 13.2 Å². The minimum Gasteiger partial charge on any atom is -0.497 e. The number of hydrogen-bond donors (Lipinski definition) is 0. The highest BCUT2D eigenvalue weighted by Crippen LogP contribution is 2.68. The van der Waals surface area contributed by atoms with Gasteiger partial charge in [0.05, 0.1) is 13.2 Å². The van der Waals surface area contributed by atoms with Gasteiger partial charge in [-0.15, -0.1) is 0 Å². The van der Waals surface area contributed by atoms with Crippen LogP contribution in [0, 0.1) is 16.7 Å². The summed E-state index contributed by atoms with van der Waals surface area (Å²) in [6.45, 7) is 20.1. The van der Waals surface area contributed by atoms with E-state index in [1.165, 1.54) is 24.0 Å². The second kappa shape index (κ2) is 14.2. The summed E-state index contributed by atoms with van der Waals surface area (Å²) in [6.07, 6.45) is 12.5. The third-order valence-corrected chi connectivity index (χ3v) is 17.5. The standard InChI is InChI=1S/C38H61F3O3Si2/c1-36(2,3)46(9,10)44-33-20-19-32-37(33,4)24-22-30-29-18-17-28(42-5)26-27(29)21-25-38(30,32)23-15-13-11-12-14-16-31(34(39)35(40)41)43-45(6,7)8/h15,17-18,23,26,30-33H,11-14,16,19-22,24-25H2,1-10H3/t30-,31-,32-,33+,37+,38-/m1/s1. The van der Waals surface area contributed by atoms with E-state index in [1.807, 2.05) is 19.6 Å². The van der Waals surface area contributed by atoms with Gasteiger partial charge in [-0.05, 0) is 141 Å². The van der Waals surface area contributed by atoms with Gasteiger partial charge in [-0.3, -0.25) is 0 Å². The monoisotopic (exact) mass is 678 g/mol. The van der Waals surface area contributed by atoms with Crippen LogP contribution >= 0.6 is 0 Å². The molecule has 1 aromatic carbocycles. The van der Waals surface area contributed by atoms with E-state index in [0.717, 1.165) is 50.7 Å². The maximum absolute atomic E-state index is 14.2. The number of rotatable bonds is 13. The van der Waals surface area contributed by atoms with E-state index >= 15 is 0 Å². The molecule has 0 radical (unpaired) electrons. The summed E-state index contributed by atoms with van der Waals surface area (Å²) in [7, 11) is -2.32. The molecule has 0 N–H and O–H groups in total. The molecule has 46 heavy (non-hydrogen) atoms. The van der Waals surface area contributed by atoms with Crippen molar-refractivity contribution in [3.63, 3.8) is 0 Å². The molecule has 3 nitrogen and oxygen atoms in total. The molecule has 0 amide bonds. The minimum absolute atomic E-state index is 0.0863. The Kier molecular flexibility index (Phi) is 11.6. The number of benzene rings is 1. The molecule has 0 bridgehead atoms. The lowest BCUT2D eigenvalue weighted by Gasteiger charge is -2.58. The van der Waals surface area contributed by atoms with Crippen LogP contribution in [-0.2, 0) is 15.3 Å². The number of fused-ring (bicyclic) bond motifs is 5. The number of methoxy groups -OCH3 is 1. The van der Waals surface area contributed by atoms with E-state index < -0.39 is 34.6 Å². The molecule has 2 saturated carbocycles. The van der Waals surface area contributed by atoms with Crippen molar-refractivity contribution in [2.24, 2.45) is 16.7 Å². The quantitative estimate of drug-likeness (QED) is 0.118. The van der Waals surface area contributed by atoms with Crippen LogP contribution < -0.4 is 4.74 Å². The first-order chi connectivity index (χ1) is 21.3. The maximum atomic E-state index is 14.2. The molecule has 260 valence electrons. The molecular weight excluding hydrogens is 618 g/mol. The van der Waals surface area contributed by atoms with Gasteiger partial charge in [0.15, 0.2) is 22.5 Å². The zero-order valence-corrected chi connectivity index (χ0v) is 32.3. The highest BCUT2D eigenvalue weighted by Gasteiger charge is 2.62. The molecule has 8 heteroatoms. The molecule has 0 spiro atoms. The molecule has 3 aliphatic carbocycles. The van der Waals surface area contributed by atoms with Crippen molar-refractivity contribution in [2.45, 2.75) is 154 Å². The highest BCUT2D eigenvalue weighted by atomic mass is 28.4. The van der Waals surface area contributed by atoms with Gasteiger partial charge in [0.2, 0.25) is 0 Å². The van der Waals surface area contributed by atoms with Crippen LogP contribution in [0.25, 0.3) is 0 Å². The third kappa shape index (κ3) is 7.92. The minimum atomic E-state index is -2.25. The summed E-state index contributed by atoms with van der Waals surface area (Å²) in [4.78, 5) is 0. The SMILES string of the molecule is COc1ccc2c(c1)CC[C@]1(C=CCCCCC[C@@H](O[Si](C)(C)C)C(F)=C(F)F)[C@@H]2CC[C@]2(C)[C@@H](O[Si](C)(C)C(C)(C)C)CC[C@H]21. The van der Waals surface area contributed by atoms with Gasteiger partial charge in [-0.1, -0.05) is 58.8 Å². The maximum Gasteiger partial charge on any atom is 0.304 e. The first kappa shape index (κ1) is 37.5. The van der Waals surface area contributed by atoms with Gasteiger partial charge in [0.25, 0.3) is 0 Å². The van der Waals surface area contributed by atoms with Crippen molar-refractivity contribution in [1.29, 1.82) is 0 Å². The van der Waals surface area contributed by atoms with E-state index in [0.29, 0.717) is 30.8 Å². The normalized spacial score (nSPS) is 28.8. The molecule has 0 aromatic heterocycles. The smallest absolute Gasteiger partial charge is 0.304 e. The zero-order chi connectivity index (χ0) is 34.1. The number of allylic oxidation sites excluding steroid dienone is 2. The molecule has 1 aromatic rings. The van der Waals surface area contributed by atoms with Crippen LogP contribution in [0.5, 0.6) is 5.75 Å². The Morgan fingerprint density at radius 2 is 1.72 bits per heavy atom. The van der Waals surface area contributed by atoms with Crippen LogP contribution in [0.15, 0.2) is 42.3 Å². The molecule has 2 fully saturated rings. The van der Waals surface area contributed by atoms with E-state index in [2.05, 4.69) is 71.1 Å². The van der Waals surface area contributed by atoms with Gasteiger partial charge in [-0.25, -0.2) is 4.39 Å². The Hall–Kier alpha value is -1.36. The lowest BCUT2D eigenvalue weighted by molar-refractivity contribution is -0.0482. The van der Waals surface area contributed by atoms with Crippen molar-refractivity contribution in [2.75, 3.05) is 7.11 Å². The average molecular weight is 679 g/mol. The van der Waals surface area contributed by atoms with Gasteiger partial charge in [-0.2, -0.15) is 8.78 Å². The number of ether oxygens (including phenoxy) is 1. The van der Waals surface area contributed by atoms with E-state index in [9.17, 15) is 13.2 Å². The van der Waals surface area contributed by atoms with E-state index in [4.69, 9.17) is 13.6 Å². The Morgan fingerprint density at radius 3 is 2.35 bits per heavy atom. The Balaban J connectivity index is 1.52. The Labute approximate surface area is 280 Å². The molecule has 0 unspecified atom stereocenters. The summed E-state index contributed by atoms with van der Waals surface area (Å²) in [6, 6.07) is 6.71. The second-order valence-electron chi connectivity index (χ2n) is 17.1. The predicted molar refractivity (Wildman–Crippen MR) is 189 cm³/mol. The molecular formula is C38H61F3O3Si2. The molecule has 6 atom stereocenters. The Morgan fingerprint density at radius 1 is 1.00 bits per heavy atom. The first-order valence-electron chi connectivity index (χ1n) is 17.8. The van der Waals surface area contributed by atoms with Crippen LogP contribution in [-0.4, -0.2) is 36.0 Å². The van der Waals surface area contributed by atoms with Gasteiger partial charge in [0, 0.05) is 0 Å². The summed E-state index contributed by atoms with van der Waals surface area (Å²) >= 11 is 0.